The summed E-state index contributed by atoms with van der Waals surface area (Å²) in [6.07, 6.45) is 3.73. The van der Waals surface area contributed by atoms with Crippen LogP contribution in [0.3, 0.4) is 0 Å². The summed E-state index contributed by atoms with van der Waals surface area (Å²) in [6, 6.07) is 0.123. The minimum Gasteiger partial charge on any atom is -0.379 e. The lowest BCUT2D eigenvalue weighted by atomic mass is 9.95. The predicted molar refractivity (Wildman–Crippen MR) is 68.3 cm³/mol. The molecule has 0 spiro atoms. The van der Waals surface area contributed by atoms with E-state index in [1.54, 1.807) is 7.11 Å². The second kappa shape index (κ2) is 5.62. The molecule has 5 heteroatoms. The smallest absolute Gasteiger partial charge is 0.0623 e. The maximum absolute atomic E-state index is 5.63. The molecule has 0 saturated heterocycles. The van der Waals surface area contributed by atoms with Crippen LogP contribution in [0.4, 0.5) is 0 Å². The van der Waals surface area contributed by atoms with Crippen molar-refractivity contribution in [2.75, 3.05) is 7.11 Å². The molecule has 0 aliphatic carbocycles. The Kier molecular flexibility index (Phi) is 4.68. The van der Waals surface area contributed by atoms with Crippen LogP contribution in [-0.2, 0) is 11.8 Å². The van der Waals surface area contributed by atoms with Gasteiger partial charge in [-0.25, -0.2) is 0 Å². The van der Waals surface area contributed by atoms with Gasteiger partial charge >= 0.3 is 0 Å². The van der Waals surface area contributed by atoms with Crippen LogP contribution < -0.4 is 11.3 Å². The fraction of sp³-hybridized carbons (Fsp3) is 0.750. The minimum atomic E-state index is -0.120. The zero-order chi connectivity index (χ0) is 13.1. The van der Waals surface area contributed by atoms with Crippen molar-refractivity contribution in [1.82, 2.24) is 15.2 Å². The third-order valence-corrected chi connectivity index (χ3v) is 3.44. The molecule has 0 fully saturated rings. The van der Waals surface area contributed by atoms with Crippen molar-refractivity contribution in [3.05, 3.63) is 17.5 Å². The molecule has 1 atom stereocenters. The molecule has 1 unspecified atom stereocenters. The molecule has 1 aromatic heterocycles. The Hall–Kier alpha value is -0.910. The fourth-order valence-corrected chi connectivity index (χ4v) is 1.78. The van der Waals surface area contributed by atoms with Crippen LogP contribution in [0, 0.1) is 6.92 Å². The van der Waals surface area contributed by atoms with Crippen molar-refractivity contribution < 1.29 is 4.74 Å². The molecular formula is C12H24N4O. The molecule has 0 aliphatic heterocycles. The quantitative estimate of drug-likeness (QED) is 0.583. The van der Waals surface area contributed by atoms with Crippen LogP contribution in [0.2, 0.25) is 0 Å². The first kappa shape index (κ1) is 14.2. The monoisotopic (exact) mass is 240 g/mol. The topological polar surface area (TPSA) is 65.1 Å². The summed E-state index contributed by atoms with van der Waals surface area (Å²) in [4.78, 5) is 0. The first-order chi connectivity index (χ1) is 7.91. The number of aromatic nitrogens is 2. The lowest BCUT2D eigenvalue weighted by Gasteiger charge is -2.25. The molecule has 5 nitrogen and oxygen atoms in total. The molecule has 0 aromatic carbocycles. The molecule has 17 heavy (non-hydrogen) atoms. The van der Waals surface area contributed by atoms with Crippen molar-refractivity contribution in [2.24, 2.45) is 12.9 Å². The molecule has 1 heterocycles. The third-order valence-electron chi connectivity index (χ3n) is 3.44. The number of hydrazine groups is 1. The van der Waals surface area contributed by atoms with Crippen LogP contribution in [0.1, 0.15) is 44.0 Å². The van der Waals surface area contributed by atoms with Crippen molar-refractivity contribution in [1.29, 1.82) is 0 Å². The fourth-order valence-electron chi connectivity index (χ4n) is 1.78. The van der Waals surface area contributed by atoms with Crippen LogP contribution in [0.25, 0.3) is 0 Å². The Morgan fingerprint density at radius 1 is 1.59 bits per heavy atom. The average Bonchev–Trinajstić information content (AvgIpc) is 2.62. The first-order valence-electron chi connectivity index (χ1n) is 5.91. The summed E-state index contributed by atoms with van der Waals surface area (Å²) in [5.41, 5.74) is 5.04. The molecule has 0 radical (unpaired) electrons. The molecule has 0 aliphatic rings. The number of aryl methyl sites for hydroxylation is 1. The van der Waals surface area contributed by atoms with Gasteiger partial charge in [-0.15, -0.1) is 0 Å². The maximum Gasteiger partial charge on any atom is 0.0623 e. The van der Waals surface area contributed by atoms with E-state index in [-0.39, 0.29) is 11.6 Å². The number of hydrogen-bond acceptors (Lipinski definition) is 4. The van der Waals surface area contributed by atoms with Crippen molar-refractivity contribution in [3.63, 3.8) is 0 Å². The largest absolute Gasteiger partial charge is 0.379 e. The number of nitrogens with two attached hydrogens (primary N) is 1. The number of methoxy groups -OCH3 is 1. The zero-order valence-corrected chi connectivity index (χ0v) is 11.4. The van der Waals surface area contributed by atoms with Crippen LogP contribution >= 0.6 is 0 Å². The maximum atomic E-state index is 5.63. The van der Waals surface area contributed by atoms with E-state index in [0.29, 0.717) is 0 Å². The summed E-state index contributed by atoms with van der Waals surface area (Å²) >= 11 is 0. The molecule has 1 aromatic rings. The molecule has 0 bridgehead atoms. The summed E-state index contributed by atoms with van der Waals surface area (Å²) in [5.74, 6) is 5.63. The lowest BCUT2D eigenvalue weighted by molar-refractivity contribution is 0.0116. The van der Waals surface area contributed by atoms with Gasteiger partial charge in [0.25, 0.3) is 0 Å². The van der Waals surface area contributed by atoms with Gasteiger partial charge in [0.05, 0.1) is 11.8 Å². The second-order valence-electron chi connectivity index (χ2n) is 5.03. The minimum absolute atomic E-state index is 0.120. The number of hydrogen-bond donors (Lipinski definition) is 2. The van der Waals surface area contributed by atoms with Gasteiger partial charge in [0.15, 0.2) is 0 Å². The van der Waals surface area contributed by atoms with Gasteiger partial charge in [-0.2, -0.15) is 5.10 Å². The third kappa shape index (κ3) is 3.52. The highest BCUT2D eigenvalue weighted by Gasteiger charge is 2.21. The first-order valence-corrected chi connectivity index (χ1v) is 5.91. The molecular weight excluding hydrogens is 216 g/mol. The molecule has 3 N–H and O–H groups in total. The summed E-state index contributed by atoms with van der Waals surface area (Å²) < 4.78 is 7.28. The Labute approximate surface area is 103 Å². The Bertz CT molecular complexity index is 359. The van der Waals surface area contributed by atoms with E-state index in [0.717, 1.165) is 24.1 Å². The lowest BCUT2D eigenvalue weighted by Crippen LogP contribution is -2.31. The van der Waals surface area contributed by atoms with Crippen molar-refractivity contribution in [2.45, 2.75) is 45.3 Å². The normalized spacial score (nSPS) is 14.0. The van der Waals surface area contributed by atoms with Crippen molar-refractivity contribution >= 4 is 0 Å². The van der Waals surface area contributed by atoms with E-state index < -0.39 is 0 Å². The van der Waals surface area contributed by atoms with Crippen molar-refractivity contribution in [3.8, 4) is 0 Å². The highest BCUT2D eigenvalue weighted by atomic mass is 16.5. The average molecular weight is 240 g/mol. The Morgan fingerprint density at radius 3 is 2.65 bits per heavy atom. The van der Waals surface area contributed by atoms with Crippen LogP contribution in [-0.4, -0.2) is 22.5 Å². The van der Waals surface area contributed by atoms with E-state index in [2.05, 4.69) is 24.4 Å². The number of nitrogens with zero attached hydrogens (tertiary/aromatic N) is 2. The molecule has 0 saturated carbocycles. The molecule has 98 valence electrons. The molecule has 1 rings (SSSR count). The van der Waals surface area contributed by atoms with Crippen LogP contribution in [0.15, 0.2) is 6.20 Å². The Balaban J connectivity index is 2.70. The summed E-state index contributed by atoms with van der Waals surface area (Å²) in [7, 11) is 3.67. The second-order valence-corrected chi connectivity index (χ2v) is 5.03. The summed E-state index contributed by atoms with van der Waals surface area (Å²) in [5, 5.41) is 4.24. The summed E-state index contributed by atoms with van der Waals surface area (Å²) in [6.45, 7) is 6.21. The number of ether oxygens (including phenoxy) is 1. The van der Waals surface area contributed by atoms with E-state index in [9.17, 15) is 0 Å². The van der Waals surface area contributed by atoms with Gasteiger partial charge in [-0.3, -0.25) is 16.0 Å². The zero-order valence-electron chi connectivity index (χ0n) is 11.4. The van der Waals surface area contributed by atoms with Gasteiger partial charge in [-0.05, 0) is 33.6 Å². The SMILES string of the molecule is COC(C)(C)CCC(NN)c1cnn(C)c1C. The Morgan fingerprint density at radius 2 is 2.24 bits per heavy atom. The van der Waals surface area contributed by atoms with Gasteiger partial charge in [0.2, 0.25) is 0 Å². The van der Waals surface area contributed by atoms with Crippen LogP contribution in [0.5, 0.6) is 0 Å². The van der Waals surface area contributed by atoms with Gasteiger partial charge < -0.3 is 4.74 Å². The van der Waals surface area contributed by atoms with Gasteiger partial charge in [0, 0.05) is 31.5 Å². The highest BCUT2D eigenvalue weighted by Crippen LogP contribution is 2.25. The van der Waals surface area contributed by atoms with Gasteiger partial charge in [-0.1, -0.05) is 0 Å². The van der Waals surface area contributed by atoms with E-state index >= 15 is 0 Å². The van der Waals surface area contributed by atoms with Gasteiger partial charge in [0.1, 0.15) is 0 Å². The predicted octanol–water partition coefficient (Wildman–Crippen LogP) is 1.44. The highest BCUT2D eigenvalue weighted by molar-refractivity contribution is 5.20. The van der Waals surface area contributed by atoms with E-state index in [1.807, 2.05) is 24.9 Å². The molecule has 0 amide bonds. The van der Waals surface area contributed by atoms with E-state index in [4.69, 9.17) is 10.6 Å². The number of nitrogens with one attached hydrogen (secondary N) is 1. The number of rotatable bonds is 6. The van der Waals surface area contributed by atoms with E-state index in [1.165, 1.54) is 0 Å². The standard InChI is InChI=1S/C12H24N4O/c1-9-10(8-14-16(9)4)11(15-13)6-7-12(2,3)17-5/h8,11,15H,6-7,13H2,1-5H3.